The van der Waals surface area contributed by atoms with Gasteiger partial charge in [0.05, 0.1) is 12.2 Å². The molecule has 0 bridgehead atoms. The number of ether oxygens (including phenoxy) is 1. The maximum atomic E-state index is 12.5. The lowest BCUT2D eigenvalue weighted by atomic mass is 9.84. The molecule has 1 aromatic rings. The normalized spacial score (nSPS) is 12.4. The Morgan fingerprint density at radius 3 is 2.44 bits per heavy atom. The number of hydrogen-bond acceptors (Lipinski definition) is 4. The highest BCUT2D eigenvalue weighted by molar-refractivity contribution is 6.02. The summed E-state index contributed by atoms with van der Waals surface area (Å²) in [5.74, 6) is 0.0749. The summed E-state index contributed by atoms with van der Waals surface area (Å²) in [5, 5.41) is 5.76. The Morgan fingerprint density at radius 1 is 1.22 bits per heavy atom. The van der Waals surface area contributed by atoms with Crippen molar-refractivity contribution < 1.29 is 14.3 Å². The highest BCUT2D eigenvalue weighted by Crippen LogP contribution is 2.27. The minimum absolute atomic E-state index is 0.0323. The number of amides is 2. The van der Waals surface area contributed by atoms with E-state index in [4.69, 9.17) is 4.74 Å². The Labute approximate surface area is 163 Å². The van der Waals surface area contributed by atoms with Gasteiger partial charge in [-0.2, -0.15) is 0 Å². The molecular formula is C21H35N3O3. The van der Waals surface area contributed by atoms with Gasteiger partial charge in [-0.1, -0.05) is 27.7 Å². The summed E-state index contributed by atoms with van der Waals surface area (Å²) >= 11 is 0. The van der Waals surface area contributed by atoms with E-state index in [0.717, 1.165) is 12.1 Å². The lowest BCUT2D eigenvalue weighted by molar-refractivity contribution is -0.117. The second-order valence-electron chi connectivity index (χ2n) is 8.50. The SMILES string of the molecule is COCCNC(=O)c1cc(NC(=O)C[C@@H](C)CC(C)(C)C)ccc1N(C)C. The lowest BCUT2D eigenvalue weighted by Gasteiger charge is -2.23. The molecule has 0 spiro atoms. The molecule has 1 rings (SSSR count). The van der Waals surface area contributed by atoms with Gasteiger partial charge in [-0.15, -0.1) is 0 Å². The van der Waals surface area contributed by atoms with Crippen LogP contribution in [0.4, 0.5) is 11.4 Å². The lowest BCUT2D eigenvalue weighted by Crippen LogP contribution is -2.29. The number of carbonyl (C=O) groups excluding carboxylic acids is 2. The average Bonchev–Trinajstić information content (AvgIpc) is 2.52. The van der Waals surface area contributed by atoms with E-state index in [0.29, 0.717) is 36.7 Å². The van der Waals surface area contributed by atoms with Gasteiger partial charge in [-0.05, 0) is 36.0 Å². The van der Waals surface area contributed by atoms with Gasteiger partial charge < -0.3 is 20.3 Å². The topological polar surface area (TPSA) is 70.7 Å². The third-order valence-electron chi connectivity index (χ3n) is 4.09. The van der Waals surface area contributed by atoms with Crippen molar-refractivity contribution in [2.45, 2.75) is 40.5 Å². The first kappa shape index (κ1) is 23.0. The first-order chi connectivity index (χ1) is 12.5. The minimum atomic E-state index is -0.187. The van der Waals surface area contributed by atoms with Gasteiger partial charge in [0.25, 0.3) is 5.91 Å². The molecule has 0 saturated heterocycles. The molecule has 152 valence electrons. The molecule has 2 amide bonds. The van der Waals surface area contributed by atoms with Gasteiger partial charge in [0.15, 0.2) is 0 Å². The van der Waals surface area contributed by atoms with Gasteiger partial charge >= 0.3 is 0 Å². The van der Waals surface area contributed by atoms with Gasteiger partial charge in [0, 0.05) is 45.5 Å². The molecule has 0 fully saturated rings. The maximum Gasteiger partial charge on any atom is 0.253 e. The summed E-state index contributed by atoms with van der Waals surface area (Å²) in [5.41, 5.74) is 2.15. The van der Waals surface area contributed by atoms with Crippen LogP contribution in [-0.4, -0.2) is 46.2 Å². The van der Waals surface area contributed by atoms with Crippen LogP contribution in [-0.2, 0) is 9.53 Å². The first-order valence-corrected chi connectivity index (χ1v) is 9.42. The summed E-state index contributed by atoms with van der Waals surface area (Å²) < 4.78 is 4.97. The fourth-order valence-electron chi connectivity index (χ4n) is 3.19. The van der Waals surface area contributed by atoms with Crippen molar-refractivity contribution in [1.29, 1.82) is 0 Å². The first-order valence-electron chi connectivity index (χ1n) is 9.42. The Hall–Kier alpha value is -2.08. The van der Waals surface area contributed by atoms with Crippen molar-refractivity contribution in [1.82, 2.24) is 5.32 Å². The zero-order chi connectivity index (χ0) is 20.6. The van der Waals surface area contributed by atoms with Gasteiger partial charge in [0.1, 0.15) is 0 Å². The summed E-state index contributed by atoms with van der Waals surface area (Å²) in [6, 6.07) is 5.40. The molecule has 1 atom stereocenters. The van der Waals surface area contributed by atoms with Crippen LogP contribution in [0.1, 0.15) is 50.9 Å². The minimum Gasteiger partial charge on any atom is -0.383 e. The average molecular weight is 378 g/mol. The molecule has 0 radical (unpaired) electrons. The van der Waals surface area contributed by atoms with Crippen LogP contribution in [0.5, 0.6) is 0 Å². The van der Waals surface area contributed by atoms with Crippen LogP contribution >= 0.6 is 0 Å². The number of nitrogens with zero attached hydrogens (tertiary/aromatic N) is 1. The van der Waals surface area contributed by atoms with E-state index in [-0.39, 0.29) is 17.2 Å². The number of anilines is 2. The van der Waals surface area contributed by atoms with Crippen LogP contribution in [0.15, 0.2) is 18.2 Å². The van der Waals surface area contributed by atoms with E-state index in [1.165, 1.54) is 0 Å². The number of nitrogens with one attached hydrogen (secondary N) is 2. The third-order valence-corrected chi connectivity index (χ3v) is 4.09. The van der Waals surface area contributed by atoms with Crippen molar-refractivity contribution in [3.8, 4) is 0 Å². The maximum absolute atomic E-state index is 12.5. The molecule has 27 heavy (non-hydrogen) atoms. The molecule has 1 aromatic carbocycles. The fraction of sp³-hybridized carbons (Fsp3) is 0.619. The number of hydrogen-bond donors (Lipinski definition) is 2. The van der Waals surface area contributed by atoms with Crippen LogP contribution in [0.3, 0.4) is 0 Å². The molecule has 0 aliphatic heterocycles. The van der Waals surface area contributed by atoms with E-state index >= 15 is 0 Å². The quantitative estimate of drug-likeness (QED) is 0.646. The Bertz CT molecular complexity index is 636. The number of carbonyl (C=O) groups is 2. The smallest absolute Gasteiger partial charge is 0.253 e. The third kappa shape index (κ3) is 8.43. The number of rotatable bonds is 9. The van der Waals surface area contributed by atoms with E-state index in [1.807, 2.05) is 31.1 Å². The molecule has 0 heterocycles. The van der Waals surface area contributed by atoms with E-state index in [9.17, 15) is 9.59 Å². The predicted octanol–water partition coefficient (Wildman–Crippen LogP) is 3.53. The zero-order valence-electron chi connectivity index (χ0n) is 17.8. The Kier molecular flexibility index (Phi) is 8.76. The highest BCUT2D eigenvalue weighted by Gasteiger charge is 2.19. The van der Waals surface area contributed by atoms with Crippen molar-refractivity contribution in [3.63, 3.8) is 0 Å². The molecule has 6 heteroatoms. The van der Waals surface area contributed by atoms with Crippen molar-refractivity contribution in [2.75, 3.05) is 44.6 Å². The second-order valence-corrected chi connectivity index (χ2v) is 8.50. The number of benzene rings is 1. The molecular weight excluding hydrogens is 342 g/mol. The van der Waals surface area contributed by atoms with Crippen molar-refractivity contribution in [3.05, 3.63) is 23.8 Å². The van der Waals surface area contributed by atoms with Crippen molar-refractivity contribution >= 4 is 23.2 Å². The van der Waals surface area contributed by atoms with Crippen LogP contribution in [0, 0.1) is 11.3 Å². The zero-order valence-corrected chi connectivity index (χ0v) is 17.8. The monoisotopic (exact) mass is 377 g/mol. The van der Waals surface area contributed by atoms with Crippen LogP contribution in [0.25, 0.3) is 0 Å². The Morgan fingerprint density at radius 2 is 1.89 bits per heavy atom. The Balaban J connectivity index is 2.85. The molecule has 6 nitrogen and oxygen atoms in total. The molecule has 0 aliphatic carbocycles. The molecule has 2 N–H and O–H groups in total. The second kappa shape index (κ2) is 10.3. The van der Waals surface area contributed by atoms with Crippen LogP contribution < -0.4 is 15.5 Å². The predicted molar refractivity (Wildman–Crippen MR) is 111 cm³/mol. The van der Waals surface area contributed by atoms with Gasteiger partial charge in [0.2, 0.25) is 5.91 Å². The van der Waals surface area contributed by atoms with E-state index < -0.39 is 0 Å². The molecule has 0 saturated carbocycles. The highest BCUT2D eigenvalue weighted by atomic mass is 16.5. The van der Waals surface area contributed by atoms with Gasteiger partial charge in [-0.3, -0.25) is 9.59 Å². The molecule has 0 aliphatic rings. The van der Waals surface area contributed by atoms with Crippen molar-refractivity contribution in [2.24, 2.45) is 11.3 Å². The fourth-order valence-corrected chi connectivity index (χ4v) is 3.19. The number of methoxy groups -OCH3 is 1. The summed E-state index contributed by atoms with van der Waals surface area (Å²) in [6.45, 7) is 9.50. The summed E-state index contributed by atoms with van der Waals surface area (Å²) in [4.78, 5) is 26.8. The van der Waals surface area contributed by atoms with Crippen LogP contribution in [0.2, 0.25) is 0 Å². The van der Waals surface area contributed by atoms with E-state index in [1.54, 1.807) is 13.2 Å². The largest absolute Gasteiger partial charge is 0.383 e. The molecule has 0 aromatic heterocycles. The van der Waals surface area contributed by atoms with E-state index in [2.05, 4.69) is 38.3 Å². The standard InChI is InChI=1S/C21H35N3O3/c1-15(14-21(2,3)4)12-19(25)23-16-8-9-18(24(5)6)17(13-16)20(26)22-10-11-27-7/h8-9,13,15H,10-12,14H2,1-7H3,(H,22,26)(H,23,25)/t15-/m1/s1. The summed E-state index contributed by atoms with van der Waals surface area (Å²) in [7, 11) is 5.36. The summed E-state index contributed by atoms with van der Waals surface area (Å²) in [6.07, 6.45) is 1.44. The molecule has 0 unspecified atom stereocenters. The van der Waals surface area contributed by atoms with Gasteiger partial charge in [-0.25, -0.2) is 0 Å².